The Morgan fingerprint density at radius 1 is 1.13 bits per heavy atom. The summed E-state index contributed by atoms with van der Waals surface area (Å²) in [6.45, 7) is 1.85. The fourth-order valence-electron chi connectivity index (χ4n) is 2.14. The van der Waals surface area contributed by atoms with Gasteiger partial charge in [-0.1, -0.05) is 54.6 Å². The molecule has 1 N–H and O–H groups in total. The van der Waals surface area contributed by atoms with Crippen molar-refractivity contribution in [1.82, 2.24) is 0 Å². The van der Waals surface area contributed by atoms with Crippen LogP contribution in [0.2, 0.25) is 0 Å². The summed E-state index contributed by atoms with van der Waals surface area (Å²) in [7, 11) is 1.54. The number of aliphatic hydroxyl groups is 1. The molecule has 0 atom stereocenters. The van der Waals surface area contributed by atoms with E-state index in [0.717, 1.165) is 11.6 Å². The van der Waals surface area contributed by atoms with E-state index >= 15 is 0 Å². The number of anilines is 1. The number of aryl methyl sites for hydroxylation is 1. The molecule has 0 aliphatic carbocycles. The van der Waals surface area contributed by atoms with Gasteiger partial charge in [0.1, 0.15) is 5.76 Å². The topological polar surface area (TPSA) is 57.6 Å². The molecule has 2 rings (SSSR count). The normalized spacial score (nSPS) is 11.2. The predicted molar refractivity (Wildman–Crippen MR) is 95.3 cm³/mol. The van der Waals surface area contributed by atoms with Gasteiger partial charge in [0.05, 0.1) is 5.69 Å². The van der Waals surface area contributed by atoms with Crippen molar-refractivity contribution in [3.05, 3.63) is 71.3 Å². The smallest absolute Gasteiger partial charge is 0.282 e. The minimum Gasteiger partial charge on any atom is -0.507 e. The third-order valence-electron chi connectivity index (χ3n) is 3.40. The van der Waals surface area contributed by atoms with Crippen molar-refractivity contribution in [2.45, 2.75) is 6.92 Å². The molecule has 0 heterocycles. The number of ketones is 1. The van der Waals surface area contributed by atoms with Crippen LogP contribution < -0.4 is 4.90 Å². The van der Waals surface area contributed by atoms with Gasteiger partial charge in [-0.05, 0) is 19.1 Å². The highest BCUT2D eigenvalue weighted by Crippen LogP contribution is 2.24. The number of carbonyl (C=O) groups is 2. The molecule has 1 amide bonds. The molecule has 0 saturated carbocycles. The number of carbonyl (C=O) groups excluding carboxylic acids is 2. The van der Waals surface area contributed by atoms with E-state index in [1.54, 1.807) is 42.5 Å². The molecule has 0 saturated heterocycles. The van der Waals surface area contributed by atoms with Crippen molar-refractivity contribution in [3.63, 3.8) is 0 Å². The van der Waals surface area contributed by atoms with Crippen molar-refractivity contribution >= 4 is 35.1 Å². The van der Waals surface area contributed by atoms with Crippen LogP contribution in [0.25, 0.3) is 5.76 Å². The molecule has 0 aliphatic heterocycles. The van der Waals surface area contributed by atoms with Gasteiger partial charge in [-0.3, -0.25) is 9.59 Å². The molecule has 5 heteroatoms. The fourth-order valence-corrected chi connectivity index (χ4v) is 2.24. The summed E-state index contributed by atoms with van der Waals surface area (Å²) in [5.74, 6) is -0.505. The van der Waals surface area contributed by atoms with Crippen LogP contribution in [0.3, 0.4) is 0 Å². The van der Waals surface area contributed by atoms with Crippen LogP contribution in [0.1, 0.15) is 21.5 Å². The van der Waals surface area contributed by atoms with Gasteiger partial charge in [-0.15, -0.1) is 0 Å². The molecule has 0 bridgehead atoms. The Bertz CT molecular complexity index is 769. The predicted octanol–water partition coefficient (Wildman–Crippen LogP) is 4.26. The average Bonchev–Trinajstić information content (AvgIpc) is 2.54. The van der Waals surface area contributed by atoms with Gasteiger partial charge in [0.25, 0.3) is 5.24 Å². The number of hydrogen-bond acceptors (Lipinski definition) is 3. The summed E-state index contributed by atoms with van der Waals surface area (Å²) < 4.78 is 0. The zero-order valence-electron chi connectivity index (χ0n) is 12.9. The van der Waals surface area contributed by atoms with Crippen LogP contribution in [0.15, 0.2) is 54.6 Å². The van der Waals surface area contributed by atoms with E-state index in [9.17, 15) is 14.7 Å². The number of hydrogen-bond donors (Lipinski definition) is 2. The summed E-state index contributed by atoms with van der Waals surface area (Å²) in [4.78, 5) is 25.3. The highest BCUT2D eigenvalue weighted by atomic mass is 32.1. The first-order valence-corrected chi connectivity index (χ1v) is 7.42. The molecule has 2 aromatic carbocycles. The Kier molecular flexibility index (Phi) is 5.24. The lowest BCUT2D eigenvalue weighted by molar-refractivity contribution is 0.104. The number of aliphatic hydroxyl groups excluding tert-OH is 1. The minimum atomic E-state index is -0.473. The Balaban J connectivity index is 2.43. The quantitative estimate of drug-likeness (QED) is 0.382. The second-order valence-corrected chi connectivity index (χ2v) is 5.50. The first-order valence-electron chi connectivity index (χ1n) is 6.98. The number of rotatable bonds is 4. The van der Waals surface area contributed by atoms with E-state index in [4.69, 9.17) is 0 Å². The zero-order chi connectivity index (χ0) is 17.0. The third kappa shape index (κ3) is 4.02. The van der Waals surface area contributed by atoms with Crippen molar-refractivity contribution in [2.75, 3.05) is 11.9 Å². The summed E-state index contributed by atoms with van der Waals surface area (Å²) in [5, 5.41) is 9.63. The summed E-state index contributed by atoms with van der Waals surface area (Å²) in [5.41, 5.74) is 2.20. The van der Waals surface area contributed by atoms with E-state index in [1.807, 2.05) is 13.0 Å². The van der Waals surface area contributed by atoms with Gasteiger partial charge in [-0.2, -0.15) is 0 Å². The van der Waals surface area contributed by atoms with Crippen LogP contribution in [0, 0.1) is 6.92 Å². The third-order valence-corrected chi connectivity index (χ3v) is 3.70. The second-order valence-electron chi connectivity index (χ2n) is 5.12. The van der Waals surface area contributed by atoms with Crippen molar-refractivity contribution in [2.24, 2.45) is 0 Å². The highest BCUT2D eigenvalue weighted by molar-refractivity contribution is 7.96. The van der Waals surface area contributed by atoms with Crippen molar-refractivity contribution in [3.8, 4) is 0 Å². The molecule has 0 unspecified atom stereocenters. The van der Waals surface area contributed by atoms with Crippen molar-refractivity contribution in [1.29, 1.82) is 0 Å². The van der Waals surface area contributed by atoms with Gasteiger partial charge in [0, 0.05) is 24.3 Å². The van der Waals surface area contributed by atoms with Crippen LogP contribution in [-0.2, 0) is 0 Å². The number of nitrogens with zero attached hydrogens (tertiary/aromatic N) is 1. The number of amides is 1. The average molecular weight is 327 g/mol. The molecule has 2 aromatic rings. The summed E-state index contributed by atoms with van der Waals surface area (Å²) in [6.07, 6.45) is 1.16. The molecule has 4 nitrogen and oxygen atoms in total. The SMILES string of the molecule is Cc1ccc(N(C)C(=O)S)c(C(=O)C=C(O)c2ccccc2)c1. The lowest BCUT2D eigenvalue weighted by Gasteiger charge is -2.18. The molecular formula is C18H17NO3S. The maximum absolute atomic E-state index is 12.5. The van der Waals surface area contributed by atoms with Gasteiger partial charge >= 0.3 is 0 Å². The lowest BCUT2D eigenvalue weighted by Crippen LogP contribution is -2.22. The van der Waals surface area contributed by atoms with Gasteiger partial charge in [0.15, 0.2) is 5.78 Å². The largest absolute Gasteiger partial charge is 0.507 e. The second kappa shape index (κ2) is 7.15. The van der Waals surface area contributed by atoms with Crippen LogP contribution in [0.4, 0.5) is 10.5 Å². The Morgan fingerprint density at radius 2 is 1.78 bits per heavy atom. The fraction of sp³-hybridized carbons (Fsp3) is 0.111. The molecule has 0 aromatic heterocycles. The minimum absolute atomic E-state index is 0.122. The highest BCUT2D eigenvalue weighted by Gasteiger charge is 2.17. The molecular weight excluding hydrogens is 310 g/mol. The number of allylic oxidation sites excluding steroid dienone is 1. The molecule has 0 radical (unpaired) electrons. The van der Waals surface area contributed by atoms with E-state index in [2.05, 4.69) is 12.6 Å². The lowest BCUT2D eigenvalue weighted by atomic mass is 10.0. The maximum Gasteiger partial charge on any atom is 0.282 e. The van der Waals surface area contributed by atoms with Gasteiger partial charge in [0.2, 0.25) is 0 Å². The summed E-state index contributed by atoms with van der Waals surface area (Å²) >= 11 is 3.78. The van der Waals surface area contributed by atoms with E-state index in [1.165, 1.54) is 11.9 Å². The van der Waals surface area contributed by atoms with Crippen LogP contribution >= 0.6 is 12.6 Å². The molecule has 118 valence electrons. The molecule has 0 aliphatic rings. The van der Waals surface area contributed by atoms with E-state index in [0.29, 0.717) is 16.8 Å². The first kappa shape index (κ1) is 16.8. The van der Waals surface area contributed by atoms with E-state index in [-0.39, 0.29) is 11.5 Å². The van der Waals surface area contributed by atoms with Crippen molar-refractivity contribution < 1.29 is 14.7 Å². The van der Waals surface area contributed by atoms with Gasteiger partial charge in [-0.25, -0.2) is 0 Å². The monoisotopic (exact) mass is 327 g/mol. The van der Waals surface area contributed by atoms with Crippen LogP contribution in [-0.4, -0.2) is 23.2 Å². The molecule has 0 spiro atoms. The maximum atomic E-state index is 12.5. The molecule has 23 heavy (non-hydrogen) atoms. The Hall–Kier alpha value is -2.53. The van der Waals surface area contributed by atoms with Gasteiger partial charge < -0.3 is 10.0 Å². The Labute approximate surface area is 140 Å². The van der Waals surface area contributed by atoms with Crippen LogP contribution in [0.5, 0.6) is 0 Å². The standard InChI is InChI=1S/C18H17NO3S/c1-12-8-9-15(19(2)18(22)23)14(10-12)17(21)11-16(20)13-6-4-3-5-7-13/h3-11,20H,1-2H3,(H,22,23). The molecule has 0 fully saturated rings. The summed E-state index contributed by atoms with van der Waals surface area (Å²) in [6, 6.07) is 14.0. The number of benzene rings is 2. The first-order chi connectivity index (χ1) is 10.9. The van der Waals surface area contributed by atoms with E-state index < -0.39 is 5.24 Å². The number of thiol groups is 1. The zero-order valence-corrected chi connectivity index (χ0v) is 13.7. The Morgan fingerprint density at radius 3 is 2.39 bits per heavy atom.